The number of nitrogens with zero attached hydrogens (tertiary/aromatic N) is 3. The van der Waals surface area contributed by atoms with E-state index in [9.17, 15) is 0 Å². The Bertz CT molecular complexity index is 481. The van der Waals surface area contributed by atoms with Crippen molar-refractivity contribution in [2.75, 3.05) is 0 Å². The first-order valence-electron chi connectivity index (χ1n) is 6.03. The Morgan fingerprint density at radius 3 is 2.76 bits per heavy atom. The van der Waals surface area contributed by atoms with Gasteiger partial charge in [0, 0.05) is 50.8 Å². The van der Waals surface area contributed by atoms with Crippen LogP contribution in [0.15, 0.2) is 24.5 Å². The van der Waals surface area contributed by atoms with Crippen molar-refractivity contribution < 1.29 is 0 Å². The lowest BCUT2D eigenvalue weighted by atomic mass is 10.2. The van der Waals surface area contributed by atoms with Crippen molar-refractivity contribution in [2.24, 2.45) is 14.1 Å². The number of hydrogen-bond donors (Lipinski definition) is 1. The normalized spacial score (nSPS) is 11.0. The summed E-state index contributed by atoms with van der Waals surface area (Å²) in [5, 5.41) is 7.89. The van der Waals surface area contributed by atoms with Crippen LogP contribution < -0.4 is 5.32 Å². The van der Waals surface area contributed by atoms with Crippen LogP contribution in [0.25, 0.3) is 0 Å². The van der Waals surface area contributed by atoms with Crippen LogP contribution in [0, 0.1) is 0 Å². The second kappa shape index (κ2) is 5.19. The molecule has 0 aliphatic rings. The van der Waals surface area contributed by atoms with Gasteiger partial charge in [-0.05, 0) is 18.6 Å². The van der Waals surface area contributed by atoms with Gasteiger partial charge in [-0.3, -0.25) is 4.68 Å². The van der Waals surface area contributed by atoms with Gasteiger partial charge in [-0.15, -0.1) is 0 Å². The molecule has 0 spiro atoms. The lowest BCUT2D eigenvalue weighted by Gasteiger charge is -2.05. The Labute approximate surface area is 102 Å². The number of rotatable bonds is 5. The summed E-state index contributed by atoms with van der Waals surface area (Å²) >= 11 is 0. The Morgan fingerprint density at radius 1 is 1.29 bits per heavy atom. The monoisotopic (exact) mass is 232 g/mol. The maximum atomic E-state index is 4.43. The molecule has 0 fully saturated rings. The molecular formula is C13H20N4. The summed E-state index contributed by atoms with van der Waals surface area (Å²) in [7, 11) is 4.04. The zero-order valence-corrected chi connectivity index (χ0v) is 10.8. The maximum Gasteiger partial charge on any atom is 0.0666 e. The highest BCUT2D eigenvalue weighted by atomic mass is 15.3. The molecular weight excluding hydrogens is 212 g/mol. The Kier molecular flexibility index (Phi) is 3.64. The SMILES string of the molecule is CCc1nn(C)cc1CNCc1cccn1C. The van der Waals surface area contributed by atoms with Gasteiger partial charge in [-0.2, -0.15) is 5.10 Å². The molecule has 2 rings (SSSR count). The van der Waals surface area contributed by atoms with E-state index in [0.29, 0.717) is 0 Å². The Hall–Kier alpha value is -1.55. The summed E-state index contributed by atoms with van der Waals surface area (Å²) in [4.78, 5) is 0. The predicted molar refractivity (Wildman–Crippen MR) is 68.5 cm³/mol. The molecule has 2 heterocycles. The summed E-state index contributed by atoms with van der Waals surface area (Å²) in [6.45, 7) is 3.91. The van der Waals surface area contributed by atoms with Crippen LogP contribution in [0.3, 0.4) is 0 Å². The second-order valence-corrected chi connectivity index (χ2v) is 4.34. The van der Waals surface area contributed by atoms with Gasteiger partial charge in [-0.25, -0.2) is 0 Å². The van der Waals surface area contributed by atoms with Crippen molar-refractivity contribution in [3.8, 4) is 0 Å². The van der Waals surface area contributed by atoms with Crippen LogP contribution in [0.4, 0.5) is 0 Å². The second-order valence-electron chi connectivity index (χ2n) is 4.34. The minimum Gasteiger partial charge on any atom is -0.353 e. The first kappa shape index (κ1) is 11.9. The van der Waals surface area contributed by atoms with E-state index < -0.39 is 0 Å². The highest BCUT2D eigenvalue weighted by Gasteiger charge is 2.05. The molecule has 0 unspecified atom stereocenters. The average molecular weight is 232 g/mol. The fourth-order valence-corrected chi connectivity index (χ4v) is 2.03. The molecule has 0 aromatic carbocycles. The van der Waals surface area contributed by atoms with E-state index in [2.05, 4.69) is 53.5 Å². The molecule has 92 valence electrons. The summed E-state index contributed by atoms with van der Waals surface area (Å²) in [5.74, 6) is 0. The zero-order valence-electron chi connectivity index (χ0n) is 10.8. The third-order valence-corrected chi connectivity index (χ3v) is 3.00. The van der Waals surface area contributed by atoms with Gasteiger partial charge in [0.1, 0.15) is 0 Å². The number of nitrogens with one attached hydrogen (secondary N) is 1. The number of hydrogen-bond acceptors (Lipinski definition) is 2. The van der Waals surface area contributed by atoms with Gasteiger partial charge in [0.25, 0.3) is 0 Å². The van der Waals surface area contributed by atoms with Crippen molar-refractivity contribution in [1.29, 1.82) is 0 Å². The molecule has 2 aromatic heterocycles. The summed E-state index contributed by atoms with van der Waals surface area (Å²) < 4.78 is 4.02. The van der Waals surface area contributed by atoms with Gasteiger partial charge in [0.05, 0.1) is 5.69 Å². The molecule has 17 heavy (non-hydrogen) atoms. The van der Waals surface area contributed by atoms with Crippen molar-refractivity contribution in [1.82, 2.24) is 19.7 Å². The third-order valence-electron chi connectivity index (χ3n) is 3.00. The van der Waals surface area contributed by atoms with E-state index in [-0.39, 0.29) is 0 Å². The van der Waals surface area contributed by atoms with Crippen molar-refractivity contribution in [2.45, 2.75) is 26.4 Å². The van der Waals surface area contributed by atoms with Gasteiger partial charge < -0.3 is 9.88 Å². The van der Waals surface area contributed by atoms with E-state index in [1.807, 2.05) is 11.7 Å². The van der Waals surface area contributed by atoms with E-state index in [0.717, 1.165) is 19.5 Å². The molecule has 1 N–H and O–H groups in total. The molecule has 0 atom stereocenters. The molecule has 0 amide bonds. The van der Waals surface area contributed by atoms with E-state index in [1.54, 1.807) is 0 Å². The largest absolute Gasteiger partial charge is 0.353 e. The van der Waals surface area contributed by atoms with Crippen LogP contribution in [0.5, 0.6) is 0 Å². The summed E-state index contributed by atoms with van der Waals surface area (Å²) in [6, 6.07) is 4.20. The topological polar surface area (TPSA) is 34.8 Å². The van der Waals surface area contributed by atoms with E-state index in [4.69, 9.17) is 0 Å². The first-order chi connectivity index (χ1) is 8.20. The molecule has 0 aliphatic heterocycles. The standard InChI is InChI=1S/C13H20N4/c1-4-13-11(10-17(3)15-13)8-14-9-12-6-5-7-16(12)2/h5-7,10,14H,4,8-9H2,1-3H3. The highest BCUT2D eigenvalue weighted by Crippen LogP contribution is 2.07. The molecule has 0 saturated carbocycles. The molecule has 2 aromatic rings. The van der Waals surface area contributed by atoms with Crippen LogP contribution in [0.2, 0.25) is 0 Å². The summed E-state index contributed by atoms with van der Waals surface area (Å²) in [6.07, 6.45) is 5.15. The van der Waals surface area contributed by atoms with E-state index in [1.165, 1.54) is 17.0 Å². The first-order valence-corrected chi connectivity index (χ1v) is 6.03. The minimum absolute atomic E-state index is 0.877. The fourth-order valence-electron chi connectivity index (χ4n) is 2.03. The summed E-state index contributed by atoms with van der Waals surface area (Å²) in [5.41, 5.74) is 3.78. The van der Waals surface area contributed by atoms with Crippen molar-refractivity contribution in [3.05, 3.63) is 41.5 Å². The molecule has 4 heteroatoms. The number of aryl methyl sites for hydroxylation is 3. The van der Waals surface area contributed by atoms with Gasteiger partial charge in [0.15, 0.2) is 0 Å². The zero-order chi connectivity index (χ0) is 12.3. The maximum absolute atomic E-state index is 4.43. The average Bonchev–Trinajstić information content (AvgIpc) is 2.86. The van der Waals surface area contributed by atoms with Crippen molar-refractivity contribution >= 4 is 0 Å². The van der Waals surface area contributed by atoms with Gasteiger partial charge >= 0.3 is 0 Å². The fraction of sp³-hybridized carbons (Fsp3) is 0.462. The van der Waals surface area contributed by atoms with Crippen LogP contribution >= 0.6 is 0 Å². The third kappa shape index (κ3) is 2.77. The Balaban J connectivity index is 1.92. The Morgan fingerprint density at radius 2 is 2.12 bits per heavy atom. The molecule has 0 radical (unpaired) electrons. The molecule has 4 nitrogen and oxygen atoms in total. The van der Waals surface area contributed by atoms with Gasteiger partial charge in [-0.1, -0.05) is 6.92 Å². The minimum atomic E-state index is 0.877. The number of aromatic nitrogens is 3. The van der Waals surface area contributed by atoms with Crippen LogP contribution in [-0.2, 0) is 33.6 Å². The molecule has 0 aliphatic carbocycles. The molecule has 0 bridgehead atoms. The van der Waals surface area contributed by atoms with Crippen LogP contribution in [0.1, 0.15) is 23.9 Å². The quantitative estimate of drug-likeness (QED) is 0.850. The van der Waals surface area contributed by atoms with Gasteiger partial charge in [0.2, 0.25) is 0 Å². The lowest BCUT2D eigenvalue weighted by molar-refractivity contribution is 0.652. The molecule has 0 saturated heterocycles. The van der Waals surface area contributed by atoms with Crippen LogP contribution in [-0.4, -0.2) is 14.3 Å². The van der Waals surface area contributed by atoms with Crippen molar-refractivity contribution in [3.63, 3.8) is 0 Å². The van der Waals surface area contributed by atoms with E-state index >= 15 is 0 Å². The lowest BCUT2D eigenvalue weighted by Crippen LogP contribution is -2.15. The predicted octanol–water partition coefficient (Wildman–Crippen LogP) is 1.61. The highest BCUT2D eigenvalue weighted by molar-refractivity contribution is 5.17. The smallest absolute Gasteiger partial charge is 0.0666 e.